The standard InChI is InChI=1S/C15H23N5O/c1-11(2)7-15-17-14(18-21-15)10-20-6-4-5-13(20)12-8-16-19(3)9-12/h8-9,11,13H,4-7,10H2,1-3H3. The molecule has 1 fully saturated rings. The molecule has 3 heterocycles. The van der Waals surface area contributed by atoms with Gasteiger partial charge in [0.25, 0.3) is 0 Å². The van der Waals surface area contributed by atoms with E-state index >= 15 is 0 Å². The first-order chi connectivity index (χ1) is 10.1. The first-order valence-corrected chi connectivity index (χ1v) is 7.66. The maximum atomic E-state index is 5.33. The van der Waals surface area contributed by atoms with Gasteiger partial charge in [-0.1, -0.05) is 19.0 Å². The van der Waals surface area contributed by atoms with Gasteiger partial charge >= 0.3 is 0 Å². The topological polar surface area (TPSA) is 60.0 Å². The van der Waals surface area contributed by atoms with E-state index in [-0.39, 0.29) is 0 Å². The molecule has 6 heteroatoms. The Labute approximate surface area is 125 Å². The lowest BCUT2D eigenvalue weighted by molar-refractivity contribution is 0.237. The van der Waals surface area contributed by atoms with Gasteiger partial charge in [0.15, 0.2) is 5.82 Å². The third-order valence-electron chi connectivity index (χ3n) is 3.91. The Balaban J connectivity index is 1.67. The van der Waals surface area contributed by atoms with Gasteiger partial charge in [-0.2, -0.15) is 10.1 Å². The summed E-state index contributed by atoms with van der Waals surface area (Å²) in [7, 11) is 1.96. The predicted octanol–water partition coefficient (Wildman–Crippen LogP) is 2.34. The fourth-order valence-electron chi connectivity index (χ4n) is 2.97. The van der Waals surface area contributed by atoms with E-state index in [0.717, 1.165) is 31.2 Å². The summed E-state index contributed by atoms with van der Waals surface area (Å²) in [6.45, 7) is 6.14. The molecule has 2 aromatic rings. The van der Waals surface area contributed by atoms with Gasteiger partial charge in [0, 0.05) is 31.3 Å². The maximum Gasteiger partial charge on any atom is 0.226 e. The van der Waals surface area contributed by atoms with E-state index in [4.69, 9.17) is 4.52 Å². The Kier molecular flexibility index (Phi) is 4.05. The molecule has 6 nitrogen and oxygen atoms in total. The number of aromatic nitrogens is 4. The van der Waals surface area contributed by atoms with E-state index in [0.29, 0.717) is 12.0 Å². The van der Waals surface area contributed by atoms with Crippen LogP contribution in [0.1, 0.15) is 50.0 Å². The SMILES string of the molecule is CC(C)Cc1nc(CN2CCCC2c2cnn(C)c2)no1. The molecule has 0 N–H and O–H groups in total. The number of nitrogens with zero attached hydrogens (tertiary/aromatic N) is 5. The summed E-state index contributed by atoms with van der Waals surface area (Å²) in [5.41, 5.74) is 1.28. The highest BCUT2D eigenvalue weighted by atomic mass is 16.5. The molecular weight excluding hydrogens is 266 g/mol. The van der Waals surface area contributed by atoms with Gasteiger partial charge in [-0.25, -0.2) is 0 Å². The van der Waals surface area contributed by atoms with Crippen LogP contribution in [0.2, 0.25) is 0 Å². The van der Waals surface area contributed by atoms with E-state index in [9.17, 15) is 0 Å². The van der Waals surface area contributed by atoms with Crippen LogP contribution < -0.4 is 0 Å². The molecule has 1 saturated heterocycles. The Morgan fingerprint density at radius 2 is 2.29 bits per heavy atom. The van der Waals surface area contributed by atoms with Gasteiger partial charge in [0.1, 0.15) is 0 Å². The molecule has 1 unspecified atom stereocenters. The molecule has 0 aromatic carbocycles. The summed E-state index contributed by atoms with van der Waals surface area (Å²) in [6, 6.07) is 0.422. The van der Waals surface area contributed by atoms with Gasteiger partial charge in [0.2, 0.25) is 5.89 Å². The monoisotopic (exact) mass is 289 g/mol. The average molecular weight is 289 g/mol. The molecule has 0 spiro atoms. The highest BCUT2D eigenvalue weighted by Gasteiger charge is 2.28. The van der Waals surface area contributed by atoms with Gasteiger partial charge in [0.05, 0.1) is 12.7 Å². The minimum atomic E-state index is 0.422. The van der Waals surface area contributed by atoms with Crippen molar-refractivity contribution in [2.24, 2.45) is 13.0 Å². The van der Waals surface area contributed by atoms with Crippen molar-refractivity contribution in [2.75, 3.05) is 6.54 Å². The van der Waals surface area contributed by atoms with Gasteiger partial charge < -0.3 is 4.52 Å². The predicted molar refractivity (Wildman–Crippen MR) is 78.4 cm³/mol. The number of hydrogen-bond donors (Lipinski definition) is 0. The highest BCUT2D eigenvalue weighted by molar-refractivity contribution is 5.12. The van der Waals surface area contributed by atoms with Crippen LogP contribution in [0, 0.1) is 5.92 Å². The van der Waals surface area contributed by atoms with Crippen molar-refractivity contribution in [3.63, 3.8) is 0 Å². The van der Waals surface area contributed by atoms with Crippen LogP contribution in [-0.2, 0) is 20.0 Å². The molecule has 3 rings (SSSR count). The van der Waals surface area contributed by atoms with Crippen molar-refractivity contribution in [1.29, 1.82) is 0 Å². The van der Waals surface area contributed by atoms with E-state index < -0.39 is 0 Å². The van der Waals surface area contributed by atoms with Crippen LogP contribution in [0.25, 0.3) is 0 Å². The van der Waals surface area contributed by atoms with Crippen molar-refractivity contribution in [3.8, 4) is 0 Å². The van der Waals surface area contributed by atoms with Crippen LogP contribution in [0.4, 0.5) is 0 Å². The lowest BCUT2D eigenvalue weighted by Gasteiger charge is -2.21. The Hall–Kier alpha value is -1.69. The summed E-state index contributed by atoms with van der Waals surface area (Å²) >= 11 is 0. The molecule has 21 heavy (non-hydrogen) atoms. The van der Waals surface area contributed by atoms with Crippen LogP contribution in [-0.4, -0.2) is 31.4 Å². The minimum absolute atomic E-state index is 0.422. The molecule has 2 aromatic heterocycles. The van der Waals surface area contributed by atoms with Crippen molar-refractivity contribution >= 4 is 0 Å². The molecule has 0 bridgehead atoms. The molecule has 1 atom stereocenters. The van der Waals surface area contributed by atoms with Crippen LogP contribution in [0.5, 0.6) is 0 Å². The summed E-state index contributed by atoms with van der Waals surface area (Å²) in [5, 5.41) is 8.40. The fraction of sp³-hybridized carbons (Fsp3) is 0.667. The van der Waals surface area contributed by atoms with Crippen molar-refractivity contribution in [2.45, 2.75) is 45.7 Å². The average Bonchev–Trinajstić information content (AvgIpc) is 3.11. The normalized spacial score (nSPS) is 19.7. The molecular formula is C15H23N5O. The smallest absolute Gasteiger partial charge is 0.226 e. The first kappa shape index (κ1) is 14.3. The van der Waals surface area contributed by atoms with Gasteiger partial charge in [-0.3, -0.25) is 9.58 Å². The second-order valence-electron chi connectivity index (χ2n) is 6.28. The summed E-state index contributed by atoms with van der Waals surface area (Å²) in [5.74, 6) is 2.08. The van der Waals surface area contributed by atoms with E-state index in [1.54, 1.807) is 0 Å². The van der Waals surface area contributed by atoms with Crippen molar-refractivity contribution in [3.05, 3.63) is 29.7 Å². The van der Waals surface area contributed by atoms with Crippen LogP contribution in [0.3, 0.4) is 0 Å². The van der Waals surface area contributed by atoms with E-state index in [1.165, 1.54) is 18.4 Å². The molecule has 0 radical (unpaired) electrons. The van der Waals surface area contributed by atoms with E-state index in [2.05, 4.69) is 40.2 Å². The third kappa shape index (κ3) is 3.32. The summed E-state index contributed by atoms with van der Waals surface area (Å²) in [6.07, 6.45) is 7.28. The molecule has 0 saturated carbocycles. The quantitative estimate of drug-likeness (QED) is 0.845. The Bertz CT molecular complexity index is 588. The molecule has 0 amide bonds. The number of likely N-dealkylation sites (tertiary alicyclic amines) is 1. The Morgan fingerprint density at radius 3 is 3.00 bits per heavy atom. The summed E-state index contributed by atoms with van der Waals surface area (Å²) in [4.78, 5) is 6.92. The zero-order valence-electron chi connectivity index (χ0n) is 13.0. The Morgan fingerprint density at radius 1 is 1.43 bits per heavy atom. The van der Waals surface area contributed by atoms with Gasteiger partial charge in [-0.05, 0) is 25.3 Å². The summed E-state index contributed by atoms with van der Waals surface area (Å²) < 4.78 is 7.19. The van der Waals surface area contributed by atoms with Gasteiger partial charge in [-0.15, -0.1) is 0 Å². The lowest BCUT2D eigenvalue weighted by atomic mass is 10.1. The maximum absolute atomic E-state index is 5.33. The third-order valence-corrected chi connectivity index (χ3v) is 3.91. The second-order valence-corrected chi connectivity index (χ2v) is 6.28. The van der Waals surface area contributed by atoms with Crippen molar-refractivity contribution < 1.29 is 4.52 Å². The molecule has 0 aliphatic carbocycles. The molecule has 114 valence electrons. The van der Waals surface area contributed by atoms with Crippen molar-refractivity contribution in [1.82, 2.24) is 24.8 Å². The largest absolute Gasteiger partial charge is 0.339 e. The van der Waals surface area contributed by atoms with Crippen LogP contribution >= 0.6 is 0 Å². The fourth-order valence-corrected chi connectivity index (χ4v) is 2.97. The minimum Gasteiger partial charge on any atom is -0.339 e. The number of hydrogen-bond acceptors (Lipinski definition) is 5. The zero-order chi connectivity index (χ0) is 14.8. The molecule has 1 aliphatic rings. The number of rotatable bonds is 5. The number of aryl methyl sites for hydroxylation is 1. The van der Waals surface area contributed by atoms with E-state index in [1.807, 2.05) is 17.9 Å². The highest BCUT2D eigenvalue weighted by Crippen LogP contribution is 2.32. The van der Waals surface area contributed by atoms with Crippen LogP contribution in [0.15, 0.2) is 16.9 Å². The lowest BCUT2D eigenvalue weighted by Crippen LogP contribution is -2.23. The first-order valence-electron chi connectivity index (χ1n) is 7.66. The second kappa shape index (κ2) is 5.97. The zero-order valence-corrected chi connectivity index (χ0v) is 13.0. The molecule has 1 aliphatic heterocycles.